The quantitative estimate of drug-likeness (QED) is 0.791. The number of rotatable bonds is 4. The minimum atomic E-state index is -0.443. The van der Waals surface area contributed by atoms with Gasteiger partial charge < -0.3 is 10.1 Å². The second kappa shape index (κ2) is 6.84. The van der Waals surface area contributed by atoms with E-state index >= 15 is 0 Å². The van der Waals surface area contributed by atoms with E-state index in [0.29, 0.717) is 17.0 Å². The fraction of sp³-hybridized carbons (Fsp3) is 0.118. The van der Waals surface area contributed by atoms with Gasteiger partial charge in [-0.2, -0.15) is 5.10 Å². The van der Waals surface area contributed by atoms with Gasteiger partial charge in [0.1, 0.15) is 5.75 Å². The van der Waals surface area contributed by atoms with Crippen molar-refractivity contribution in [3.8, 4) is 5.75 Å². The molecule has 24 heavy (non-hydrogen) atoms. The van der Waals surface area contributed by atoms with Crippen molar-refractivity contribution in [2.75, 3.05) is 11.9 Å². The number of fused-ring (bicyclic) bond motifs is 1. The molecule has 3 rings (SSSR count). The largest absolute Gasteiger partial charge is 0.484 e. The van der Waals surface area contributed by atoms with Gasteiger partial charge in [0.25, 0.3) is 11.8 Å². The maximum atomic E-state index is 12.0. The second-order valence-electron chi connectivity index (χ2n) is 5.20. The summed E-state index contributed by atoms with van der Waals surface area (Å²) in [6.45, 7) is 1.73. The summed E-state index contributed by atoms with van der Waals surface area (Å²) < 4.78 is 6.22. The van der Waals surface area contributed by atoms with E-state index in [9.17, 15) is 9.59 Å². The van der Waals surface area contributed by atoms with Crippen LogP contribution in [0.4, 0.5) is 5.69 Å². The molecule has 0 atom stereocenters. The maximum Gasteiger partial charge on any atom is 0.277 e. The normalized spacial score (nSPS) is 14.2. The summed E-state index contributed by atoms with van der Waals surface area (Å²) in [6.07, 6.45) is 0. The highest BCUT2D eigenvalue weighted by atomic mass is 79.9. The van der Waals surface area contributed by atoms with Crippen LogP contribution >= 0.6 is 15.9 Å². The number of amides is 2. The molecule has 0 fully saturated rings. The highest BCUT2D eigenvalue weighted by Gasteiger charge is 2.27. The van der Waals surface area contributed by atoms with E-state index in [4.69, 9.17) is 4.74 Å². The molecule has 2 aromatic carbocycles. The number of hydrazone groups is 1. The Hall–Kier alpha value is -2.67. The number of anilines is 1. The van der Waals surface area contributed by atoms with E-state index in [0.717, 1.165) is 10.0 Å². The molecule has 0 spiro atoms. The summed E-state index contributed by atoms with van der Waals surface area (Å²) in [7, 11) is 0. The Balaban J connectivity index is 1.68. The van der Waals surface area contributed by atoms with E-state index in [1.54, 1.807) is 12.1 Å². The van der Waals surface area contributed by atoms with Crippen molar-refractivity contribution in [2.24, 2.45) is 5.10 Å². The lowest BCUT2D eigenvalue weighted by molar-refractivity contribution is -0.123. The molecule has 1 aliphatic rings. The van der Waals surface area contributed by atoms with Gasteiger partial charge in [-0.25, -0.2) is 5.43 Å². The number of aryl methyl sites for hydroxylation is 1. The Morgan fingerprint density at radius 2 is 2.04 bits per heavy atom. The molecule has 1 aliphatic heterocycles. The summed E-state index contributed by atoms with van der Waals surface area (Å²) in [5.74, 6) is -0.210. The molecule has 122 valence electrons. The highest BCUT2D eigenvalue weighted by molar-refractivity contribution is 9.10. The van der Waals surface area contributed by atoms with Gasteiger partial charge in [-0.15, -0.1) is 0 Å². The Morgan fingerprint density at radius 3 is 2.79 bits per heavy atom. The van der Waals surface area contributed by atoms with Crippen LogP contribution in [0, 0.1) is 6.92 Å². The zero-order valence-electron chi connectivity index (χ0n) is 12.8. The average molecular weight is 388 g/mol. The van der Waals surface area contributed by atoms with Crippen LogP contribution < -0.4 is 15.5 Å². The maximum absolute atomic E-state index is 12.0. The minimum Gasteiger partial charge on any atom is -0.484 e. The summed E-state index contributed by atoms with van der Waals surface area (Å²) in [5.41, 5.74) is 4.81. The average Bonchev–Trinajstić information content (AvgIpc) is 2.87. The van der Waals surface area contributed by atoms with Gasteiger partial charge in [0.05, 0.1) is 5.69 Å². The van der Waals surface area contributed by atoms with Crippen molar-refractivity contribution < 1.29 is 14.3 Å². The molecule has 0 aromatic heterocycles. The minimum absolute atomic E-state index is 0.175. The molecule has 0 saturated heterocycles. The van der Waals surface area contributed by atoms with Crippen LogP contribution in [0.1, 0.15) is 11.1 Å². The van der Waals surface area contributed by atoms with Gasteiger partial charge >= 0.3 is 0 Å². The van der Waals surface area contributed by atoms with Crippen molar-refractivity contribution >= 4 is 39.1 Å². The fourth-order valence-electron chi connectivity index (χ4n) is 2.21. The third-order valence-corrected chi connectivity index (χ3v) is 4.28. The van der Waals surface area contributed by atoms with Gasteiger partial charge in [-0.1, -0.05) is 34.1 Å². The first-order valence-corrected chi connectivity index (χ1v) is 8.00. The number of ether oxygens (including phenoxy) is 1. The molecule has 2 aromatic rings. The first-order valence-electron chi connectivity index (χ1n) is 7.21. The Bertz CT molecular complexity index is 834. The number of benzene rings is 2. The lowest BCUT2D eigenvalue weighted by atomic mass is 10.1. The first kappa shape index (κ1) is 16.2. The van der Waals surface area contributed by atoms with Crippen LogP contribution in [-0.4, -0.2) is 24.1 Å². The molecular weight excluding hydrogens is 374 g/mol. The second-order valence-corrected chi connectivity index (χ2v) is 6.05. The van der Waals surface area contributed by atoms with Crippen LogP contribution in [0.2, 0.25) is 0 Å². The van der Waals surface area contributed by atoms with E-state index < -0.39 is 5.91 Å². The van der Waals surface area contributed by atoms with Crippen LogP contribution in [0.5, 0.6) is 5.75 Å². The predicted molar refractivity (Wildman–Crippen MR) is 94.1 cm³/mol. The molecule has 1 heterocycles. The van der Waals surface area contributed by atoms with Crippen molar-refractivity contribution in [3.05, 3.63) is 58.1 Å². The number of nitrogens with one attached hydrogen (secondary N) is 2. The van der Waals surface area contributed by atoms with Crippen LogP contribution in [-0.2, 0) is 9.59 Å². The Labute approximate surface area is 147 Å². The topological polar surface area (TPSA) is 79.8 Å². The van der Waals surface area contributed by atoms with E-state index in [1.807, 2.05) is 37.3 Å². The van der Waals surface area contributed by atoms with E-state index in [2.05, 4.69) is 31.8 Å². The number of carbonyl (C=O) groups is 2. The van der Waals surface area contributed by atoms with Crippen molar-refractivity contribution in [3.63, 3.8) is 0 Å². The Morgan fingerprint density at radius 1 is 1.29 bits per heavy atom. The first-order chi connectivity index (χ1) is 11.5. The third-order valence-electron chi connectivity index (χ3n) is 3.42. The molecule has 2 amide bonds. The zero-order valence-corrected chi connectivity index (χ0v) is 14.4. The predicted octanol–water partition coefficient (Wildman–Crippen LogP) is 2.61. The molecule has 2 N–H and O–H groups in total. The molecule has 0 aliphatic carbocycles. The van der Waals surface area contributed by atoms with Gasteiger partial charge in [-0.05, 0) is 36.8 Å². The van der Waals surface area contributed by atoms with Crippen molar-refractivity contribution in [2.45, 2.75) is 6.92 Å². The molecule has 0 bridgehead atoms. The number of carbonyl (C=O) groups excluding carboxylic acids is 2. The third kappa shape index (κ3) is 3.46. The molecule has 7 heteroatoms. The fourth-order valence-corrected chi connectivity index (χ4v) is 2.56. The van der Waals surface area contributed by atoms with Gasteiger partial charge in [0.2, 0.25) is 0 Å². The molecule has 0 radical (unpaired) electrons. The Kier molecular flexibility index (Phi) is 4.61. The van der Waals surface area contributed by atoms with E-state index in [1.165, 1.54) is 0 Å². The number of halogens is 1. The molecule has 0 saturated carbocycles. The summed E-state index contributed by atoms with van der Waals surface area (Å²) in [6, 6.07) is 12.6. The smallest absolute Gasteiger partial charge is 0.277 e. The zero-order chi connectivity index (χ0) is 17.1. The van der Waals surface area contributed by atoms with Crippen molar-refractivity contribution in [1.29, 1.82) is 0 Å². The van der Waals surface area contributed by atoms with Crippen LogP contribution in [0.15, 0.2) is 52.0 Å². The molecule has 0 unspecified atom stereocenters. The van der Waals surface area contributed by atoms with Crippen LogP contribution in [0.3, 0.4) is 0 Å². The van der Waals surface area contributed by atoms with Crippen molar-refractivity contribution in [1.82, 2.24) is 5.43 Å². The van der Waals surface area contributed by atoms with Gasteiger partial charge in [-0.3, -0.25) is 9.59 Å². The summed E-state index contributed by atoms with van der Waals surface area (Å²) >= 11 is 3.42. The number of para-hydroxylation sites is 1. The number of hydrogen-bond donors (Lipinski definition) is 2. The summed E-state index contributed by atoms with van der Waals surface area (Å²) in [4.78, 5) is 23.8. The molecular formula is C17H14BrN3O3. The summed E-state index contributed by atoms with van der Waals surface area (Å²) in [5, 5.41) is 6.65. The lowest BCUT2D eigenvalue weighted by Gasteiger charge is -2.05. The van der Waals surface area contributed by atoms with E-state index in [-0.39, 0.29) is 18.2 Å². The van der Waals surface area contributed by atoms with Crippen LogP contribution in [0.25, 0.3) is 0 Å². The number of nitrogens with zero attached hydrogens (tertiary/aromatic N) is 1. The highest BCUT2D eigenvalue weighted by Crippen LogP contribution is 2.29. The van der Waals surface area contributed by atoms with Gasteiger partial charge in [0, 0.05) is 10.0 Å². The lowest BCUT2D eigenvalue weighted by Crippen LogP contribution is -2.27. The monoisotopic (exact) mass is 387 g/mol. The molecule has 6 nitrogen and oxygen atoms in total. The SMILES string of the molecule is Cc1cc2c(cc1Br)NC(=O)/C2=N/NC(=O)COc1ccccc1. The standard InChI is InChI=1S/C17H14BrN3O3/c1-10-7-12-14(8-13(10)18)19-17(23)16(12)21-20-15(22)9-24-11-5-3-2-4-6-11/h2-8H,9H2,1H3,(H,20,22)(H,19,21,23). The van der Waals surface area contributed by atoms with Gasteiger partial charge in [0.15, 0.2) is 12.3 Å². The number of hydrogen-bond acceptors (Lipinski definition) is 4.